The molecule has 0 atom stereocenters. The fourth-order valence-electron chi connectivity index (χ4n) is 6.07. The maximum absolute atomic E-state index is 13.9. The molecule has 232 valence electrons. The SMILES string of the molecule is COc1ccc(/C=C/C(=O)N(CCC2=CCCCC2)Cc2cc3cc(C)ccc3nc2N2CCN(C(C)=O)CC2)cc1OC. The van der Waals surface area contributed by atoms with Gasteiger partial charge in [-0.2, -0.15) is 0 Å². The lowest BCUT2D eigenvalue weighted by molar-refractivity contribution is -0.129. The molecule has 0 bridgehead atoms. The van der Waals surface area contributed by atoms with Gasteiger partial charge in [-0.05, 0) is 81.0 Å². The van der Waals surface area contributed by atoms with Crippen molar-refractivity contribution in [2.24, 2.45) is 0 Å². The molecular formula is C36H44N4O4. The summed E-state index contributed by atoms with van der Waals surface area (Å²) >= 11 is 0. The van der Waals surface area contributed by atoms with Gasteiger partial charge in [0.25, 0.3) is 0 Å². The number of fused-ring (bicyclic) bond motifs is 1. The molecule has 44 heavy (non-hydrogen) atoms. The van der Waals surface area contributed by atoms with E-state index in [-0.39, 0.29) is 11.8 Å². The first-order valence-electron chi connectivity index (χ1n) is 15.6. The van der Waals surface area contributed by atoms with Crippen molar-refractivity contribution < 1.29 is 19.1 Å². The zero-order valence-corrected chi connectivity index (χ0v) is 26.5. The van der Waals surface area contributed by atoms with Gasteiger partial charge in [-0.3, -0.25) is 9.59 Å². The number of nitrogens with zero attached hydrogens (tertiary/aromatic N) is 4. The lowest BCUT2D eigenvalue weighted by atomic mass is 9.97. The van der Waals surface area contributed by atoms with E-state index in [0.29, 0.717) is 50.8 Å². The third kappa shape index (κ3) is 7.59. The molecule has 1 aromatic heterocycles. The van der Waals surface area contributed by atoms with E-state index < -0.39 is 0 Å². The van der Waals surface area contributed by atoms with E-state index in [1.807, 2.05) is 34.1 Å². The highest BCUT2D eigenvalue weighted by molar-refractivity contribution is 5.92. The minimum absolute atomic E-state index is 0.0483. The molecule has 8 nitrogen and oxygen atoms in total. The molecule has 0 N–H and O–H groups in total. The molecule has 2 aromatic carbocycles. The van der Waals surface area contributed by atoms with E-state index in [0.717, 1.165) is 47.1 Å². The van der Waals surface area contributed by atoms with Gasteiger partial charge in [0.05, 0.1) is 19.7 Å². The molecule has 0 unspecified atom stereocenters. The fourth-order valence-corrected chi connectivity index (χ4v) is 6.07. The number of hydrogen-bond acceptors (Lipinski definition) is 6. The zero-order chi connectivity index (χ0) is 31.1. The normalized spacial score (nSPS) is 15.4. The summed E-state index contributed by atoms with van der Waals surface area (Å²) < 4.78 is 10.8. The maximum atomic E-state index is 13.9. The van der Waals surface area contributed by atoms with Crippen LogP contribution in [0.5, 0.6) is 11.5 Å². The van der Waals surface area contributed by atoms with Crippen LogP contribution in [0.3, 0.4) is 0 Å². The van der Waals surface area contributed by atoms with Gasteiger partial charge in [-0.15, -0.1) is 0 Å². The highest BCUT2D eigenvalue weighted by Crippen LogP contribution is 2.30. The molecular weight excluding hydrogens is 552 g/mol. The number of carbonyl (C=O) groups is 2. The number of ether oxygens (including phenoxy) is 2. The number of piperazine rings is 1. The Hall–Kier alpha value is -4.33. The first kappa shape index (κ1) is 31.1. The minimum Gasteiger partial charge on any atom is -0.493 e. The van der Waals surface area contributed by atoms with Crippen molar-refractivity contribution >= 4 is 34.6 Å². The topological polar surface area (TPSA) is 75.2 Å². The summed E-state index contributed by atoms with van der Waals surface area (Å²) in [6.07, 6.45) is 11.4. The van der Waals surface area contributed by atoms with Crippen LogP contribution < -0.4 is 14.4 Å². The molecule has 2 heterocycles. The second kappa shape index (κ2) is 14.4. The van der Waals surface area contributed by atoms with E-state index >= 15 is 0 Å². The number of amides is 2. The van der Waals surface area contributed by atoms with Crippen molar-refractivity contribution in [2.45, 2.75) is 52.5 Å². The Kier molecular flexibility index (Phi) is 10.2. The fraction of sp³-hybridized carbons (Fsp3) is 0.417. The molecule has 1 saturated heterocycles. The summed E-state index contributed by atoms with van der Waals surface area (Å²) in [6.45, 7) is 7.51. The van der Waals surface area contributed by atoms with Gasteiger partial charge in [-0.1, -0.05) is 29.3 Å². The van der Waals surface area contributed by atoms with Gasteiger partial charge >= 0.3 is 0 Å². The lowest BCUT2D eigenvalue weighted by Gasteiger charge is -2.36. The Morgan fingerprint density at radius 2 is 1.77 bits per heavy atom. The number of aromatic nitrogens is 1. The summed E-state index contributed by atoms with van der Waals surface area (Å²) in [6, 6.07) is 14.1. The molecule has 1 aliphatic carbocycles. The third-order valence-corrected chi connectivity index (χ3v) is 8.64. The molecule has 8 heteroatoms. The standard InChI is InChI=1S/C36H44N4O4/c1-26-10-13-32-30(22-26)24-31(36(37-32)39-20-18-38(19-21-39)27(2)41)25-40(17-16-28-8-6-5-7-9-28)35(42)15-12-29-11-14-33(43-3)34(23-29)44-4/h8,10-15,22-24H,5-7,9,16-21,25H2,1-4H3/b15-12+. The van der Waals surface area contributed by atoms with Crippen LogP contribution in [0.25, 0.3) is 17.0 Å². The Labute approximate surface area is 260 Å². The maximum Gasteiger partial charge on any atom is 0.246 e. The van der Waals surface area contributed by atoms with Gasteiger partial charge in [0.15, 0.2) is 11.5 Å². The quantitative estimate of drug-likeness (QED) is 0.206. The molecule has 2 aliphatic rings. The summed E-state index contributed by atoms with van der Waals surface area (Å²) in [5.74, 6) is 2.21. The molecule has 1 aliphatic heterocycles. The van der Waals surface area contributed by atoms with E-state index in [2.05, 4.69) is 42.2 Å². The molecule has 0 saturated carbocycles. The average Bonchev–Trinajstić information content (AvgIpc) is 3.05. The number of rotatable bonds is 10. The number of benzene rings is 2. The van der Waals surface area contributed by atoms with E-state index in [1.54, 1.807) is 27.2 Å². The predicted molar refractivity (Wildman–Crippen MR) is 176 cm³/mol. The van der Waals surface area contributed by atoms with E-state index in [1.165, 1.54) is 24.0 Å². The summed E-state index contributed by atoms with van der Waals surface area (Å²) in [7, 11) is 3.21. The van der Waals surface area contributed by atoms with Crippen molar-refractivity contribution in [3.05, 3.63) is 76.9 Å². The van der Waals surface area contributed by atoms with Crippen molar-refractivity contribution in [2.75, 3.05) is 51.8 Å². The first-order chi connectivity index (χ1) is 21.3. The highest BCUT2D eigenvalue weighted by Gasteiger charge is 2.24. The second-order valence-corrected chi connectivity index (χ2v) is 11.7. The summed E-state index contributed by atoms with van der Waals surface area (Å²) in [5.41, 5.74) is 5.42. The van der Waals surface area contributed by atoms with Crippen molar-refractivity contribution in [1.29, 1.82) is 0 Å². The van der Waals surface area contributed by atoms with Crippen LogP contribution >= 0.6 is 0 Å². The van der Waals surface area contributed by atoms with Crippen LogP contribution in [-0.2, 0) is 16.1 Å². The number of carbonyl (C=O) groups excluding carboxylic acids is 2. The smallest absolute Gasteiger partial charge is 0.246 e. The van der Waals surface area contributed by atoms with Crippen molar-refractivity contribution in [1.82, 2.24) is 14.8 Å². The molecule has 1 fully saturated rings. The molecule has 0 radical (unpaired) electrons. The molecule has 5 rings (SSSR count). The van der Waals surface area contributed by atoms with Crippen LogP contribution in [0.1, 0.15) is 55.7 Å². The Bertz CT molecular complexity index is 1560. The summed E-state index contributed by atoms with van der Waals surface area (Å²) in [4.78, 5) is 37.1. The lowest BCUT2D eigenvalue weighted by Crippen LogP contribution is -2.48. The van der Waals surface area contributed by atoms with E-state index in [9.17, 15) is 9.59 Å². The van der Waals surface area contributed by atoms with Gasteiger partial charge < -0.3 is 24.2 Å². The summed E-state index contributed by atoms with van der Waals surface area (Å²) in [5, 5.41) is 1.06. The van der Waals surface area contributed by atoms with E-state index in [4.69, 9.17) is 14.5 Å². The van der Waals surface area contributed by atoms with Crippen LogP contribution in [0.2, 0.25) is 0 Å². The van der Waals surface area contributed by atoms with Crippen LogP contribution in [0.15, 0.2) is 60.2 Å². The Morgan fingerprint density at radius 3 is 2.48 bits per heavy atom. The number of allylic oxidation sites excluding steroid dienone is 1. The van der Waals surface area contributed by atoms with Crippen LogP contribution in [0, 0.1) is 6.92 Å². The van der Waals surface area contributed by atoms with Crippen LogP contribution in [-0.4, -0.2) is 73.5 Å². The third-order valence-electron chi connectivity index (χ3n) is 8.64. The second-order valence-electron chi connectivity index (χ2n) is 11.7. The average molecular weight is 597 g/mol. The van der Waals surface area contributed by atoms with Gasteiger partial charge in [0.1, 0.15) is 5.82 Å². The molecule has 2 amide bonds. The van der Waals surface area contributed by atoms with Gasteiger partial charge in [0, 0.05) is 63.2 Å². The van der Waals surface area contributed by atoms with Crippen molar-refractivity contribution in [3.8, 4) is 11.5 Å². The van der Waals surface area contributed by atoms with Gasteiger partial charge in [0.2, 0.25) is 11.8 Å². The highest BCUT2D eigenvalue weighted by atomic mass is 16.5. The van der Waals surface area contributed by atoms with Crippen LogP contribution in [0.4, 0.5) is 5.82 Å². The largest absolute Gasteiger partial charge is 0.493 e. The Morgan fingerprint density at radius 1 is 0.977 bits per heavy atom. The molecule has 3 aromatic rings. The number of pyridine rings is 1. The van der Waals surface area contributed by atoms with Crippen molar-refractivity contribution in [3.63, 3.8) is 0 Å². The van der Waals surface area contributed by atoms with Gasteiger partial charge in [-0.25, -0.2) is 4.98 Å². The number of hydrogen-bond donors (Lipinski definition) is 0. The first-order valence-corrected chi connectivity index (χ1v) is 15.6. The zero-order valence-electron chi connectivity index (χ0n) is 26.5. The Balaban J connectivity index is 1.45. The number of anilines is 1. The number of aryl methyl sites for hydroxylation is 1. The number of methoxy groups -OCH3 is 2. The monoisotopic (exact) mass is 596 g/mol. The predicted octanol–water partition coefficient (Wildman–Crippen LogP) is 6.16. The molecule has 0 spiro atoms. The minimum atomic E-state index is -0.0483.